The highest BCUT2D eigenvalue weighted by molar-refractivity contribution is 9.15. The quantitative estimate of drug-likeness (QED) is 0.275. The standard InChI is InChI=1S/C17H12Br6/c1-3-17(4-2)7-5-9(18)13(20)15(22)11(7)12-8(17)6-10(19)14(21)16(12)23/h5-6H,3-4H2,1-2H3. The van der Waals surface area contributed by atoms with Crippen molar-refractivity contribution >= 4 is 95.6 Å². The normalized spacial score (nSPS) is 14.8. The molecule has 0 N–H and O–H groups in total. The van der Waals surface area contributed by atoms with E-state index in [1.54, 1.807) is 0 Å². The van der Waals surface area contributed by atoms with Crippen molar-refractivity contribution in [2.75, 3.05) is 0 Å². The topological polar surface area (TPSA) is 0 Å². The van der Waals surface area contributed by atoms with Crippen LogP contribution in [0.2, 0.25) is 0 Å². The third-order valence-corrected chi connectivity index (χ3v) is 11.4. The van der Waals surface area contributed by atoms with Gasteiger partial charge >= 0.3 is 0 Å². The van der Waals surface area contributed by atoms with Crippen molar-refractivity contribution in [2.45, 2.75) is 32.1 Å². The second-order valence-electron chi connectivity index (χ2n) is 5.61. The van der Waals surface area contributed by atoms with Gasteiger partial charge in [-0.1, -0.05) is 13.8 Å². The van der Waals surface area contributed by atoms with E-state index in [2.05, 4.69) is 122 Å². The Morgan fingerprint density at radius 2 is 1.00 bits per heavy atom. The molecule has 0 radical (unpaired) electrons. The number of hydrogen-bond donors (Lipinski definition) is 0. The lowest BCUT2D eigenvalue weighted by Gasteiger charge is -2.30. The fourth-order valence-electron chi connectivity index (χ4n) is 3.59. The molecule has 23 heavy (non-hydrogen) atoms. The summed E-state index contributed by atoms with van der Waals surface area (Å²) >= 11 is 22.4. The van der Waals surface area contributed by atoms with Crippen molar-refractivity contribution in [3.63, 3.8) is 0 Å². The summed E-state index contributed by atoms with van der Waals surface area (Å²) in [6.07, 6.45) is 2.12. The Kier molecular flexibility index (Phi) is 5.65. The van der Waals surface area contributed by atoms with Crippen molar-refractivity contribution in [1.29, 1.82) is 0 Å². The van der Waals surface area contributed by atoms with Gasteiger partial charge in [0.1, 0.15) is 0 Å². The lowest BCUT2D eigenvalue weighted by atomic mass is 9.74. The van der Waals surface area contributed by atoms with Crippen molar-refractivity contribution in [3.8, 4) is 11.1 Å². The Balaban J connectivity index is 2.55. The van der Waals surface area contributed by atoms with Gasteiger partial charge in [-0.3, -0.25) is 0 Å². The molecule has 6 heteroatoms. The Hall–Kier alpha value is 1.32. The summed E-state index contributed by atoms with van der Waals surface area (Å²) in [7, 11) is 0. The molecule has 122 valence electrons. The molecular formula is C17H12Br6. The van der Waals surface area contributed by atoms with E-state index in [0.717, 1.165) is 39.7 Å². The minimum Gasteiger partial charge on any atom is -0.0642 e. The zero-order valence-electron chi connectivity index (χ0n) is 12.3. The van der Waals surface area contributed by atoms with Crippen LogP contribution in [0.4, 0.5) is 0 Å². The fraction of sp³-hybridized carbons (Fsp3) is 0.294. The number of halogens is 6. The van der Waals surface area contributed by atoms with Crippen LogP contribution >= 0.6 is 95.6 Å². The van der Waals surface area contributed by atoms with Gasteiger partial charge in [-0.05, 0) is 132 Å². The number of benzene rings is 2. The minimum absolute atomic E-state index is 0.0299. The Labute approximate surface area is 187 Å². The van der Waals surface area contributed by atoms with E-state index in [1.165, 1.54) is 22.3 Å². The Bertz CT molecular complexity index is 755. The summed E-state index contributed by atoms with van der Waals surface area (Å²) in [5.74, 6) is 0. The second kappa shape index (κ2) is 6.80. The maximum Gasteiger partial charge on any atom is 0.0466 e. The molecule has 0 spiro atoms. The molecular weight excluding hydrogens is 684 g/mol. The van der Waals surface area contributed by atoms with Crippen LogP contribution in [-0.4, -0.2) is 0 Å². The molecule has 0 fully saturated rings. The SMILES string of the molecule is CCC1(CC)c2cc(Br)c(Br)c(Br)c2-c2c1cc(Br)c(Br)c2Br. The summed E-state index contributed by atoms with van der Waals surface area (Å²) in [4.78, 5) is 0. The highest BCUT2D eigenvalue weighted by Gasteiger charge is 2.44. The molecule has 0 aromatic heterocycles. The number of hydrogen-bond acceptors (Lipinski definition) is 0. The first-order chi connectivity index (χ1) is 10.8. The molecule has 0 heterocycles. The molecule has 2 aromatic rings. The van der Waals surface area contributed by atoms with Gasteiger partial charge in [0.05, 0.1) is 0 Å². The molecule has 2 aromatic carbocycles. The molecule has 0 aliphatic heterocycles. The summed E-state index contributed by atoms with van der Waals surface area (Å²) < 4.78 is 6.46. The average Bonchev–Trinajstić information content (AvgIpc) is 2.80. The highest BCUT2D eigenvalue weighted by Crippen LogP contribution is 2.60. The van der Waals surface area contributed by atoms with E-state index in [9.17, 15) is 0 Å². The molecule has 0 unspecified atom stereocenters. The van der Waals surface area contributed by atoms with E-state index in [-0.39, 0.29) is 5.41 Å². The van der Waals surface area contributed by atoms with Gasteiger partial charge in [0.15, 0.2) is 0 Å². The third kappa shape index (κ3) is 2.64. The van der Waals surface area contributed by atoms with E-state index in [1.807, 2.05) is 0 Å². The van der Waals surface area contributed by atoms with Crippen LogP contribution in [-0.2, 0) is 5.41 Å². The van der Waals surface area contributed by atoms with E-state index < -0.39 is 0 Å². The van der Waals surface area contributed by atoms with Crippen LogP contribution in [0.25, 0.3) is 11.1 Å². The highest BCUT2D eigenvalue weighted by atomic mass is 79.9. The molecule has 0 saturated carbocycles. The monoisotopic (exact) mass is 690 g/mol. The summed E-state index contributed by atoms with van der Waals surface area (Å²) in [6.45, 7) is 4.55. The minimum atomic E-state index is 0.0299. The average molecular weight is 696 g/mol. The van der Waals surface area contributed by atoms with Crippen molar-refractivity contribution in [2.24, 2.45) is 0 Å². The van der Waals surface area contributed by atoms with Crippen LogP contribution in [0, 0.1) is 0 Å². The predicted molar refractivity (Wildman–Crippen MR) is 119 cm³/mol. The van der Waals surface area contributed by atoms with Crippen LogP contribution in [0.15, 0.2) is 39.0 Å². The lowest BCUT2D eigenvalue weighted by molar-refractivity contribution is 0.489. The van der Waals surface area contributed by atoms with Gasteiger partial charge in [0.2, 0.25) is 0 Å². The summed E-state index contributed by atoms with van der Waals surface area (Å²) in [5.41, 5.74) is 5.34. The van der Waals surface area contributed by atoms with Crippen molar-refractivity contribution < 1.29 is 0 Å². The first kappa shape index (κ1) is 19.1. The Morgan fingerprint density at radius 3 is 1.30 bits per heavy atom. The molecule has 3 rings (SSSR count). The van der Waals surface area contributed by atoms with Gasteiger partial charge in [0.25, 0.3) is 0 Å². The zero-order chi connectivity index (χ0) is 17.1. The van der Waals surface area contributed by atoms with Crippen LogP contribution < -0.4 is 0 Å². The summed E-state index contributed by atoms with van der Waals surface area (Å²) in [5, 5.41) is 0. The van der Waals surface area contributed by atoms with Gasteiger partial charge in [-0.2, -0.15) is 0 Å². The first-order valence-corrected chi connectivity index (χ1v) is 11.9. The van der Waals surface area contributed by atoms with E-state index in [4.69, 9.17) is 0 Å². The first-order valence-electron chi connectivity index (χ1n) is 7.16. The molecule has 0 atom stereocenters. The van der Waals surface area contributed by atoms with Crippen LogP contribution in [0.3, 0.4) is 0 Å². The lowest BCUT2D eigenvalue weighted by Crippen LogP contribution is -2.23. The van der Waals surface area contributed by atoms with Gasteiger partial charge in [0, 0.05) is 43.4 Å². The number of rotatable bonds is 2. The molecule has 1 aliphatic carbocycles. The molecule has 0 amide bonds. The van der Waals surface area contributed by atoms with E-state index >= 15 is 0 Å². The van der Waals surface area contributed by atoms with Crippen molar-refractivity contribution in [3.05, 3.63) is 50.1 Å². The summed E-state index contributed by atoms with van der Waals surface area (Å²) in [6, 6.07) is 4.54. The van der Waals surface area contributed by atoms with Crippen molar-refractivity contribution in [1.82, 2.24) is 0 Å². The van der Waals surface area contributed by atoms with Gasteiger partial charge in [-0.25, -0.2) is 0 Å². The van der Waals surface area contributed by atoms with Crippen LogP contribution in [0.1, 0.15) is 37.8 Å². The maximum atomic E-state index is 3.81. The second-order valence-corrected chi connectivity index (χ2v) is 10.5. The zero-order valence-corrected chi connectivity index (χ0v) is 21.9. The fourth-order valence-corrected chi connectivity index (χ4v) is 6.85. The molecule has 0 bridgehead atoms. The van der Waals surface area contributed by atoms with Gasteiger partial charge < -0.3 is 0 Å². The van der Waals surface area contributed by atoms with Crippen LogP contribution in [0.5, 0.6) is 0 Å². The third-order valence-electron chi connectivity index (χ3n) is 4.81. The smallest absolute Gasteiger partial charge is 0.0466 e. The molecule has 0 nitrogen and oxygen atoms in total. The molecule has 1 aliphatic rings. The maximum absolute atomic E-state index is 3.81. The number of fused-ring (bicyclic) bond motifs is 3. The predicted octanol–water partition coefficient (Wildman–Crippen LogP) is 9.35. The Morgan fingerprint density at radius 1 is 0.652 bits per heavy atom. The molecule has 0 saturated heterocycles. The van der Waals surface area contributed by atoms with Gasteiger partial charge in [-0.15, -0.1) is 0 Å². The largest absolute Gasteiger partial charge is 0.0642 e. The van der Waals surface area contributed by atoms with E-state index in [0.29, 0.717) is 0 Å².